The van der Waals surface area contributed by atoms with E-state index in [2.05, 4.69) is 15.5 Å². The number of rotatable bonds is 7. The van der Waals surface area contributed by atoms with Crippen LogP contribution >= 0.6 is 0 Å². The lowest BCUT2D eigenvalue weighted by Gasteiger charge is -2.26. The molecule has 6 nitrogen and oxygen atoms in total. The van der Waals surface area contributed by atoms with Gasteiger partial charge in [-0.2, -0.15) is 0 Å². The topological polar surface area (TPSA) is 62.8 Å². The zero-order chi connectivity index (χ0) is 15.9. The van der Waals surface area contributed by atoms with Gasteiger partial charge in [-0.15, -0.1) is 0 Å². The molecule has 3 rings (SSSR count). The summed E-state index contributed by atoms with van der Waals surface area (Å²) in [7, 11) is 0. The highest BCUT2D eigenvalue weighted by Gasteiger charge is 2.24. The highest BCUT2D eigenvalue weighted by Crippen LogP contribution is 2.14. The molecule has 0 spiro atoms. The molecule has 2 fully saturated rings. The van der Waals surface area contributed by atoms with Gasteiger partial charge in [0.1, 0.15) is 12.4 Å². The molecule has 2 heterocycles. The molecular formula is C17H25N3O3. The van der Waals surface area contributed by atoms with Gasteiger partial charge < -0.3 is 20.1 Å². The SMILES string of the molecule is O=C(NCc1cccc(OCCN2CCOCC2)c1)C1CNC1. The summed E-state index contributed by atoms with van der Waals surface area (Å²) < 4.78 is 11.2. The number of morpholine rings is 1. The maximum absolute atomic E-state index is 11.8. The second-order valence-electron chi connectivity index (χ2n) is 6.02. The fourth-order valence-electron chi connectivity index (χ4n) is 2.67. The maximum Gasteiger partial charge on any atom is 0.225 e. The van der Waals surface area contributed by atoms with Crippen molar-refractivity contribution in [1.29, 1.82) is 0 Å². The molecule has 1 aromatic rings. The Balaban J connectivity index is 1.40. The molecule has 0 aromatic heterocycles. The number of carbonyl (C=O) groups excluding carboxylic acids is 1. The third kappa shape index (κ3) is 4.92. The summed E-state index contributed by atoms with van der Waals surface area (Å²) in [6, 6.07) is 7.93. The number of nitrogens with zero attached hydrogens (tertiary/aromatic N) is 1. The highest BCUT2D eigenvalue weighted by molar-refractivity contribution is 5.79. The van der Waals surface area contributed by atoms with Crippen LogP contribution in [0.2, 0.25) is 0 Å². The highest BCUT2D eigenvalue weighted by atomic mass is 16.5. The Morgan fingerprint density at radius 3 is 2.91 bits per heavy atom. The first-order chi connectivity index (χ1) is 11.3. The van der Waals surface area contributed by atoms with Gasteiger partial charge in [0, 0.05) is 39.3 Å². The zero-order valence-electron chi connectivity index (χ0n) is 13.4. The van der Waals surface area contributed by atoms with Gasteiger partial charge in [0.15, 0.2) is 0 Å². The van der Waals surface area contributed by atoms with Crippen LogP contribution in [0, 0.1) is 5.92 Å². The minimum atomic E-state index is 0.127. The number of amides is 1. The quantitative estimate of drug-likeness (QED) is 0.753. The number of nitrogens with one attached hydrogen (secondary N) is 2. The van der Waals surface area contributed by atoms with E-state index in [9.17, 15) is 4.79 Å². The van der Waals surface area contributed by atoms with E-state index < -0.39 is 0 Å². The molecule has 2 aliphatic rings. The molecule has 0 bridgehead atoms. The van der Waals surface area contributed by atoms with Crippen molar-refractivity contribution in [1.82, 2.24) is 15.5 Å². The molecule has 0 saturated carbocycles. The number of hydrogen-bond acceptors (Lipinski definition) is 5. The first-order valence-corrected chi connectivity index (χ1v) is 8.31. The van der Waals surface area contributed by atoms with Crippen LogP contribution < -0.4 is 15.4 Å². The van der Waals surface area contributed by atoms with Crippen molar-refractivity contribution in [3.05, 3.63) is 29.8 Å². The Kier molecular flexibility index (Phi) is 5.85. The monoisotopic (exact) mass is 319 g/mol. The zero-order valence-corrected chi connectivity index (χ0v) is 13.4. The molecular weight excluding hydrogens is 294 g/mol. The molecule has 2 saturated heterocycles. The van der Waals surface area contributed by atoms with Crippen LogP contribution in [0.3, 0.4) is 0 Å². The minimum absolute atomic E-state index is 0.127. The fourth-order valence-corrected chi connectivity index (χ4v) is 2.67. The van der Waals surface area contributed by atoms with Gasteiger partial charge in [0.25, 0.3) is 0 Å². The molecule has 1 aromatic carbocycles. The van der Waals surface area contributed by atoms with E-state index in [0.29, 0.717) is 13.2 Å². The molecule has 6 heteroatoms. The van der Waals surface area contributed by atoms with Gasteiger partial charge in [0.05, 0.1) is 19.1 Å². The van der Waals surface area contributed by atoms with E-state index in [1.807, 2.05) is 24.3 Å². The molecule has 0 atom stereocenters. The van der Waals surface area contributed by atoms with Crippen molar-refractivity contribution in [3.63, 3.8) is 0 Å². The second-order valence-corrected chi connectivity index (χ2v) is 6.02. The van der Waals surface area contributed by atoms with Crippen LogP contribution in [-0.4, -0.2) is 63.4 Å². The summed E-state index contributed by atoms with van der Waals surface area (Å²) in [6.45, 7) is 7.29. The van der Waals surface area contributed by atoms with Crippen LogP contribution in [0.1, 0.15) is 5.56 Å². The lowest BCUT2D eigenvalue weighted by molar-refractivity contribution is -0.126. The number of ether oxygens (including phenoxy) is 2. The van der Waals surface area contributed by atoms with Crippen molar-refractivity contribution < 1.29 is 14.3 Å². The third-order valence-electron chi connectivity index (χ3n) is 4.30. The van der Waals surface area contributed by atoms with Gasteiger partial charge in [0.2, 0.25) is 5.91 Å². The first kappa shape index (κ1) is 16.2. The van der Waals surface area contributed by atoms with E-state index in [4.69, 9.17) is 9.47 Å². The summed E-state index contributed by atoms with van der Waals surface area (Å²) in [5.74, 6) is 1.11. The number of hydrogen-bond donors (Lipinski definition) is 2. The number of carbonyl (C=O) groups is 1. The Labute approximate surface area is 137 Å². The average molecular weight is 319 g/mol. The summed E-state index contributed by atoms with van der Waals surface area (Å²) in [4.78, 5) is 14.2. The molecule has 23 heavy (non-hydrogen) atoms. The molecule has 1 amide bonds. The normalized spacial score (nSPS) is 19.1. The average Bonchev–Trinajstić information content (AvgIpc) is 2.53. The molecule has 126 valence electrons. The summed E-state index contributed by atoms with van der Waals surface area (Å²) in [5, 5.41) is 6.09. The largest absolute Gasteiger partial charge is 0.492 e. The van der Waals surface area contributed by atoms with Crippen molar-refractivity contribution in [2.45, 2.75) is 6.54 Å². The number of benzene rings is 1. The van der Waals surface area contributed by atoms with Gasteiger partial charge in [-0.05, 0) is 17.7 Å². The van der Waals surface area contributed by atoms with Crippen LogP contribution in [0.5, 0.6) is 5.75 Å². The van der Waals surface area contributed by atoms with Crippen molar-refractivity contribution in [2.24, 2.45) is 5.92 Å². The van der Waals surface area contributed by atoms with E-state index in [1.165, 1.54) is 0 Å². The molecule has 0 unspecified atom stereocenters. The van der Waals surface area contributed by atoms with Gasteiger partial charge in [-0.25, -0.2) is 0 Å². The summed E-state index contributed by atoms with van der Waals surface area (Å²) in [6.07, 6.45) is 0. The van der Waals surface area contributed by atoms with E-state index >= 15 is 0 Å². The van der Waals surface area contributed by atoms with Crippen molar-refractivity contribution in [3.8, 4) is 5.75 Å². The first-order valence-electron chi connectivity index (χ1n) is 8.31. The molecule has 2 aliphatic heterocycles. The van der Waals surface area contributed by atoms with Gasteiger partial charge in [-0.1, -0.05) is 12.1 Å². The lowest BCUT2D eigenvalue weighted by Crippen LogP contribution is -2.50. The standard InChI is InChI=1S/C17H25N3O3/c21-17(15-12-18-13-15)19-11-14-2-1-3-16(10-14)23-9-6-20-4-7-22-8-5-20/h1-3,10,15,18H,4-9,11-13H2,(H,19,21). The Bertz CT molecular complexity index is 514. The van der Waals surface area contributed by atoms with Crippen LogP contribution in [0.15, 0.2) is 24.3 Å². The van der Waals surface area contributed by atoms with Crippen LogP contribution in [0.25, 0.3) is 0 Å². The Morgan fingerprint density at radius 2 is 2.17 bits per heavy atom. The molecule has 2 N–H and O–H groups in total. The second kappa shape index (κ2) is 8.29. The fraction of sp³-hybridized carbons (Fsp3) is 0.588. The van der Waals surface area contributed by atoms with Crippen molar-refractivity contribution in [2.75, 3.05) is 52.5 Å². The van der Waals surface area contributed by atoms with Crippen LogP contribution in [-0.2, 0) is 16.1 Å². The Morgan fingerprint density at radius 1 is 1.35 bits per heavy atom. The minimum Gasteiger partial charge on any atom is -0.492 e. The summed E-state index contributed by atoms with van der Waals surface area (Å²) in [5.41, 5.74) is 1.06. The predicted octanol–water partition coefficient (Wildman–Crippen LogP) is 0.233. The van der Waals surface area contributed by atoms with Crippen molar-refractivity contribution >= 4 is 5.91 Å². The molecule has 0 aliphatic carbocycles. The van der Waals surface area contributed by atoms with E-state index in [0.717, 1.165) is 57.3 Å². The maximum atomic E-state index is 11.8. The Hall–Kier alpha value is -1.63. The van der Waals surface area contributed by atoms with Crippen LogP contribution in [0.4, 0.5) is 0 Å². The van der Waals surface area contributed by atoms with E-state index in [-0.39, 0.29) is 11.8 Å². The van der Waals surface area contributed by atoms with E-state index in [1.54, 1.807) is 0 Å². The lowest BCUT2D eigenvalue weighted by atomic mass is 10.0. The molecule has 0 radical (unpaired) electrons. The predicted molar refractivity (Wildman–Crippen MR) is 87.4 cm³/mol. The summed E-state index contributed by atoms with van der Waals surface area (Å²) >= 11 is 0. The van der Waals surface area contributed by atoms with Gasteiger partial charge >= 0.3 is 0 Å². The smallest absolute Gasteiger partial charge is 0.225 e. The third-order valence-corrected chi connectivity index (χ3v) is 4.30. The van der Waals surface area contributed by atoms with Gasteiger partial charge in [-0.3, -0.25) is 9.69 Å².